The van der Waals surface area contributed by atoms with Crippen LogP contribution in [-0.2, 0) is 11.2 Å². The number of benzene rings is 1. The Morgan fingerprint density at radius 2 is 2.21 bits per heavy atom. The van der Waals surface area contributed by atoms with Crippen molar-refractivity contribution in [3.05, 3.63) is 29.3 Å². The summed E-state index contributed by atoms with van der Waals surface area (Å²) in [7, 11) is 0. The van der Waals surface area contributed by atoms with Crippen molar-refractivity contribution in [1.29, 1.82) is 0 Å². The van der Waals surface area contributed by atoms with Gasteiger partial charge in [0.1, 0.15) is 5.38 Å². The molecule has 2 N–H and O–H groups in total. The zero-order valence-corrected chi connectivity index (χ0v) is 9.14. The predicted molar refractivity (Wildman–Crippen MR) is 59.5 cm³/mol. The molecular formula is C11H14ClNO. The minimum atomic E-state index is -0.624. The molecule has 0 heterocycles. The largest absolute Gasteiger partial charge is 0.398 e. The molecule has 0 saturated heterocycles. The molecule has 1 atom stereocenters. The molecule has 0 amide bonds. The first-order valence-electron chi connectivity index (χ1n) is 4.59. The van der Waals surface area contributed by atoms with E-state index in [0.717, 1.165) is 17.5 Å². The quantitative estimate of drug-likeness (QED) is 0.617. The number of hydrogen-bond donors (Lipinski definition) is 1. The fourth-order valence-electron chi connectivity index (χ4n) is 1.28. The number of nitrogens with two attached hydrogens (primary N) is 1. The molecule has 1 rings (SSSR count). The number of ketones is 1. The van der Waals surface area contributed by atoms with E-state index in [2.05, 4.69) is 0 Å². The van der Waals surface area contributed by atoms with Crippen molar-refractivity contribution in [2.45, 2.75) is 25.6 Å². The summed E-state index contributed by atoms with van der Waals surface area (Å²) < 4.78 is 0. The van der Waals surface area contributed by atoms with Crippen molar-refractivity contribution in [2.24, 2.45) is 0 Å². The molecule has 0 radical (unpaired) electrons. The Hall–Kier alpha value is -1.02. The fraction of sp³-hybridized carbons (Fsp3) is 0.364. The van der Waals surface area contributed by atoms with Gasteiger partial charge in [0.05, 0.1) is 0 Å². The van der Waals surface area contributed by atoms with E-state index in [4.69, 9.17) is 17.3 Å². The number of rotatable bonds is 3. The van der Waals surface area contributed by atoms with Gasteiger partial charge in [-0.05, 0) is 25.0 Å². The van der Waals surface area contributed by atoms with E-state index in [9.17, 15) is 4.79 Å². The number of carbonyl (C=O) groups is 1. The highest BCUT2D eigenvalue weighted by Crippen LogP contribution is 2.27. The van der Waals surface area contributed by atoms with Gasteiger partial charge in [-0.15, -0.1) is 11.6 Å². The molecule has 0 spiro atoms. The SMILES string of the molecule is CCc1ccc(N)c(C(Cl)C(C)=O)c1. The van der Waals surface area contributed by atoms with Gasteiger partial charge in [-0.2, -0.15) is 0 Å². The van der Waals surface area contributed by atoms with Crippen LogP contribution in [-0.4, -0.2) is 5.78 Å². The number of Topliss-reactive ketones (excluding diaryl/α,β-unsaturated/α-hetero) is 1. The van der Waals surface area contributed by atoms with Crippen LogP contribution in [0.1, 0.15) is 30.4 Å². The third-order valence-electron chi connectivity index (χ3n) is 2.19. The van der Waals surface area contributed by atoms with Gasteiger partial charge in [0, 0.05) is 11.3 Å². The van der Waals surface area contributed by atoms with Crippen LogP contribution < -0.4 is 5.73 Å². The maximum atomic E-state index is 11.1. The third kappa shape index (κ3) is 2.26. The average Bonchev–Trinajstić information content (AvgIpc) is 2.17. The average molecular weight is 212 g/mol. The number of carbonyl (C=O) groups excluding carboxylic acids is 1. The predicted octanol–water partition coefficient (Wildman–Crippen LogP) is 2.70. The summed E-state index contributed by atoms with van der Waals surface area (Å²) in [6.45, 7) is 3.52. The van der Waals surface area contributed by atoms with Gasteiger partial charge in [0.2, 0.25) is 0 Å². The first kappa shape index (κ1) is 11.1. The molecule has 14 heavy (non-hydrogen) atoms. The summed E-state index contributed by atoms with van der Waals surface area (Å²) in [6, 6.07) is 5.64. The lowest BCUT2D eigenvalue weighted by atomic mass is 10.0. The normalized spacial score (nSPS) is 12.5. The molecule has 3 heteroatoms. The van der Waals surface area contributed by atoms with Crippen LogP contribution in [0.4, 0.5) is 5.69 Å². The summed E-state index contributed by atoms with van der Waals surface area (Å²) in [6.07, 6.45) is 0.912. The zero-order chi connectivity index (χ0) is 10.7. The van der Waals surface area contributed by atoms with Crippen molar-refractivity contribution < 1.29 is 4.79 Å². The standard InChI is InChI=1S/C11H14ClNO/c1-3-8-4-5-10(13)9(6-8)11(12)7(2)14/h4-6,11H,3,13H2,1-2H3. The molecule has 0 bridgehead atoms. The first-order chi connectivity index (χ1) is 6.56. The van der Waals surface area contributed by atoms with Crippen molar-refractivity contribution in [3.8, 4) is 0 Å². The van der Waals surface area contributed by atoms with Crippen LogP contribution >= 0.6 is 11.6 Å². The monoisotopic (exact) mass is 211 g/mol. The zero-order valence-electron chi connectivity index (χ0n) is 8.38. The van der Waals surface area contributed by atoms with E-state index in [1.165, 1.54) is 6.92 Å². The third-order valence-corrected chi connectivity index (χ3v) is 2.73. The molecule has 0 fully saturated rings. The lowest BCUT2D eigenvalue weighted by Crippen LogP contribution is -2.05. The number of anilines is 1. The Bertz CT molecular complexity index is 349. The van der Waals surface area contributed by atoms with Gasteiger partial charge >= 0.3 is 0 Å². The number of alkyl halides is 1. The molecule has 1 aromatic carbocycles. The van der Waals surface area contributed by atoms with E-state index in [0.29, 0.717) is 5.69 Å². The van der Waals surface area contributed by atoms with Gasteiger partial charge < -0.3 is 5.73 Å². The van der Waals surface area contributed by atoms with Gasteiger partial charge in [-0.3, -0.25) is 4.79 Å². The molecule has 2 nitrogen and oxygen atoms in total. The molecule has 0 aliphatic carbocycles. The highest BCUT2D eigenvalue weighted by molar-refractivity contribution is 6.31. The molecule has 0 aliphatic rings. The van der Waals surface area contributed by atoms with Crippen molar-refractivity contribution in [3.63, 3.8) is 0 Å². The maximum absolute atomic E-state index is 11.1. The van der Waals surface area contributed by atoms with Crippen LogP contribution in [0.2, 0.25) is 0 Å². The van der Waals surface area contributed by atoms with Crippen LogP contribution in [0.15, 0.2) is 18.2 Å². The maximum Gasteiger partial charge on any atom is 0.152 e. The van der Waals surface area contributed by atoms with Crippen LogP contribution in [0.3, 0.4) is 0 Å². The topological polar surface area (TPSA) is 43.1 Å². The molecule has 0 aromatic heterocycles. The molecule has 0 aliphatic heterocycles. The Balaban J connectivity index is 3.11. The summed E-state index contributed by atoms with van der Waals surface area (Å²) in [5, 5.41) is -0.624. The van der Waals surface area contributed by atoms with Crippen LogP contribution in [0.25, 0.3) is 0 Å². The van der Waals surface area contributed by atoms with Crippen LogP contribution in [0, 0.1) is 0 Å². The number of hydrogen-bond acceptors (Lipinski definition) is 2. The second kappa shape index (κ2) is 4.47. The summed E-state index contributed by atoms with van der Waals surface area (Å²) in [5.41, 5.74) is 8.19. The second-order valence-electron chi connectivity index (χ2n) is 3.29. The highest BCUT2D eigenvalue weighted by atomic mass is 35.5. The van der Waals surface area contributed by atoms with E-state index in [1.807, 2.05) is 19.1 Å². The van der Waals surface area contributed by atoms with Crippen LogP contribution in [0.5, 0.6) is 0 Å². The molecule has 1 unspecified atom stereocenters. The van der Waals surface area contributed by atoms with E-state index >= 15 is 0 Å². The lowest BCUT2D eigenvalue weighted by Gasteiger charge is -2.10. The smallest absolute Gasteiger partial charge is 0.152 e. The van der Waals surface area contributed by atoms with E-state index < -0.39 is 5.38 Å². The van der Waals surface area contributed by atoms with Gasteiger partial charge in [0.15, 0.2) is 5.78 Å². The minimum Gasteiger partial charge on any atom is -0.398 e. The van der Waals surface area contributed by atoms with Gasteiger partial charge in [-0.1, -0.05) is 19.1 Å². The minimum absolute atomic E-state index is 0.0772. The Kier molecular flexibility index (Phi) is 3.53. The molecule has 76 valence electrons. The van der Waals surface area contributed by atoms with E-state index in [1.54, 1.807) is 6.07 Å². The van der Waals surface area contributed by atoms with Crippen molar-refractivity contribution in [2.75, 3.05) is 5.73 Å². The second-order valence-corrected chi connectivity index (χ2v) is 3.73. The summed E-state index contributed by atoms with van der Waals surface area (Å²) in [4.78, 5) is 11.1. The fourth-order valence-corrected chi connectivity index (χ4v) is 1.47. The Labute approximate surface area is 89.1 Å². The van der Waals surface area contributed by atoms with Gasteiger partial charge in [-0.25, -0.2) is 0 Å². The molecular weight excluding hydrogens is 198 g/mol. The summed E-state index contributed by atoms with van der Waals surface area (Å²) in [5.74, 6) is -0.0772. The first-order valence-corrected chi connectivity index (χ1v) is 5.02. The summed E-state index contributed by atoms with van der Waals surface area (Å²) >= 11 is 5.95. The Morgan fingerprint density at radius 1 is 1.57 bits per heavy atom. The number of aryl methyl sites for hydroxylation is 1. The number of nitrogen functional groups attached to an aromatic ring is 1. The van der Waals surface area contributed by atoms with E-state index in [-0.39, 0.29) is 5.78 Å². The highest BCUT2D eigenvalue weighted by Gasteiger charge is 2.15. The van der Waals surface area contributed by atoms with Crippen molar-refractivity contribution in [1.82, 2.24) is 0 Å². The molecule has 1 aromatic rings. The lowest BCUT2D eigenvalue weighted by molar-refractivity contribution is -0.116. The Morgan fingerprint density at radius 3 is 2.71 bits per heavy atom. The number of halogens is 1. The van der Waals surface area contributed by atoms with Crippen molar-refractivity contribution >= 4 is 23.1 Å². The molecule has 0 saturated carbocycles. The van der Waals surface area contributed by atoms with Gasteiger partial charge in [0.25, 0.3) is 0 Å².